The first-order valence-corrected chi connectivity index (χ1v) is 13.1. The molecule has 0 aliphatic carbocycles. The summed E-state index contributed by atoms with van der Waals surface area (Å²) in [6, 6.07) is 18.0. The van der Waals surface area contributed by atoms with Gasteiger partial charge in [0.1, 0.15) is 0 Å². The molecule has 1 heterocycles. The minimum absolute atomic E-state index is 0.0476. The van der Waals surface area contributed by atoms with Crippen LogP contribution in [0.4, 0.5) is 0 Å². The summed E-state index contributed by atoms with van der Waals surface area (Å²) in [5, 5.41) is 2.32. The molecule has 0 aliphatic rings. The van der Waals surface area contributed by atoms with Crippen molar-refractivity contribution < 1.29 is 6.85 Å². The number of benzene rings is 4. The molecule has 190 valence electrons. The van der Waals surface area contributed by atoms with Crippen molar-refractivity contribution in [3.8, 4) is 16.8 Å². The minimum Gasteiger partial charge on any atom is -0.309 e. The Hall–Kier alpha value is -3.32. The van der Waals surface area contributed by atoms with Crippen molar-refractivity contribution in [3.05, 3.63) is 101 Å². The Labute approximate surface area is 230 Å². The van der Waals surface area contributed by atoms with E-state index in [-0.39, 0.29) is 46.6 Å². The van der Waals surface area contributed by atoms with E-state index >= 15 is 0 Å². The molecule has 0 fully saturated rings. The molecule has 0 bridgehead atoms. The van der Waals surface area contributed by atoms with Crippen molar-refractivity contribution in [1.29, 1.82) is 0 Å². The normalized spacial score (nSPS) is 14.9. The zero-order valence-electron chi connectivity index (χ0n) is 28.6. The van der Waals surface area contributed by atoms with Crippen molar-refractivity contribution in [1.82, 2.24) is 4.57 Å². The van der Waals surface area contributed by atoms with E-state index in [9.17, 15) is 0 Å². The van der Waals surface area contributed by atoms with Gasteiger partial charge in [-0.2, -0.15) is 0 Å². The lowest BCUT2D eigenvalue weighted by molar-refractivity contribution is 0.587. The number of aromatic nitrogens is 1. The van der Waals surface area contributed by atoms with Gasteiger partial charge in [0.15, 0.2) is 0 Å². The lowest BCUT2D eigenvalue weighted by Crippen LogP contribution is -2.17. The SMILES string of the molecule is [2H]c1c([2H])c([2H])c(-c2cccc(-n3c4cc(C(C)(C)C)ccc4c4ccc(C(C)(C)C)cc43)c2C(C)(C)C)c([2H])c1[2H]. The summed E-state index contributed by atoms with van der Waals surface area (Å²) >= 11 is 0. The summed E-state index contributed by atoms with van der Waals surface area (Å²) in [5.74, 6) is 0. The monoisotopic (exact) mass is 492 g/mol. The molecule has 1 nitrogen and oxygen atoms in total. The van der Waals surface area contributed by atoms with Gasteiger partial charge in [0.2, 0.25) is 0 Å². The van der Waals surface area contributed by atoms with E-state index in [0.717, 1.165) is 33.1 Å². The number of hydrogen-bond acceptors (Lipinski definition) is 0. The van der Waals surface area contributed by atoms with Crippen molar-refractivity contribution in [3.63, 3.8) is 0 Å². The number of nitrogens with zero attached hydrogens (tertiary/aromatic N) is 1. The molecule has 5 aromatic rings. The van der Waals surface area contributed by atoms with Gasteiger partial charge in [0.05, 0.1) is 23.6 Å². The molecule has 0 atom stereocenters. The second kappa shape index (κ2) is 8.62. The molecule has 0 unspecified atom stereocenters. The Balaban J connectivity index is 2.00. The summed E-state index contributed by atoms with van der Waals surface area (Å²) in [7, 11) is 0. The third kappa shape index (κ3) is 4.50. The van der Waals surface area contributed by atoms with Gasteiger partial charge in [0.25, 0.3) is 0 Å². The van der Waals surface area contributed by atoms with Crippen molar-refractivity contribution in [2.45, 2.75) is 78.6 Å². The summed E-state index contributed by atoms with van der Waals surface area (Å²) in [5.41, 5.74) is 6.91. The van der Waals surface area contributed by atoms with E-state index < -0.39 is 5.41 Å². The summed E-state index contributed by atoms with van der Waals surface area (Å²) in [6.07, 6.45) is 0. The molecular weight excluding hydrogens is 446 g/mol. The molecule has 1 aromatic heterocycles. The second-order valence-corrected chi connectivity index (χ2v) is 13.2. The van der Waals surface area contributed by atoms with E-state index in [1.807, 2.05) is 12.1 Å². The first-order chi connectivity index (χ1) is 19.3. The first-order valence-electron chi connectivity index (χ1n) is 15.6. The van der Waals surface area contributed by atoms with Crippen LogP contribution in [-0.2, 0) is 16.2 Å². The fourth-order valence-electron chi connectivity index (χ4n) is 5.32. The van der Waals surface area contributed by atoms with Gasteiger partial charge in [-0.05, 0) is 62.3 Å². The van der Waals surface area contributed by atoms with Crippen molar-refractivity contribution in [2.24, 2.45) is 0 Å². The highest BCUT2D eigenvalue weighted by molar-refractivity contribution is 6.10. The van der Waals surface area contributed by atoms with Crippen LogP contribution < -0.4 is 0 Å². The molecule has 37 heavy (non-hydrogen) atoms. The van der Waals surface area contributed by atoms with Crippen LogP contribution in [0.5, 0.6) is 0 Å². The molecule has 0 saturated heterocycles. The Morgan fingerprint density at radius 3 is 1.57 bits per heavy atom. The van der Waals surface area contributed by atoms with Crippen LogP contribution in [0.2, 0.25) is 0 Å². The average Bonchev–Trinajstić information content (AvgIpc) is 3.22. The zero-order chi connectivity index (χ0) is 31.1. The van der Waals surface area contributed by atoms with Gasteiger partial charge >= 0.3 is 0 Å². The molecule has 0 aliphatic heterocycles. The van der Waals surface area contributed by atoms with Gasteiger partial charge in [-0.15, -0.1) is 0 Å². The number of rotatable bonds is 2. The van der Waals surface area contributed by atoms with Crippen LogP contribution in [0.1, 0.15) is 85.9 Å². The van der Waals surface area contributed by atoms with Crippen LogP contribution in [0.25, 0.3) is 38.6 Å². The van der Waals surface area contributed by atoms with Crippen LogP contribution in [0.15, 0.2) is 84.8 Å². The standard InChI is InChI=1S/C36H41N/c1-34(2,3)25-18-20-28-29-21-19-26(35(4,5)6)23-32(29)37(31(28)22-25)30-17-13-16-27(33(30)36(7,8)9)24-14-11-10-12-15-24/h10-23H,1-9H3/i10D,11D,12D,14D,15D. The van der Waals surface area contributed by atoms with Crippen LogP contribution in [-0.4, -0.2) is 4.57 Å². The highest BCUT2D eigenvalue weighted by atomic mass is 15.0. The molecule has 4 aromatic carbocycles. The lowest BCUT2D eigenvalue weighted by atomic mass is 9.80. The summed E-state index contributed by atoms with van der Waals surface area (Å²) < 4.78 is 44.8. The maximum absolute atomic E-state index is 8.80. The fourth-order valence-corrected chi connectivity index (χ4v) is 5.32. The van der Waals surface area contributed by atoms with Crippen LogP contribution in [0.3, 0.4) is 0 Å². The van der Waals surface area contributed by atoms with Crippen molar-refractivity contribution in [2.75, 3.05) is 0 Å². The van der Waals surface area contributed by atoms with E-state index in [1.54, 1.807) is 0 Å². The van der Waals surface area contributed by atoms with Gasteiger partial charge < -0.3 is 4.57 Å². The fraction of sp³-hybridized carbons (Fsp3) is 0.333. The molecule has 0 N–H and O–H groups in total. The molecule has 0 spiro atoms. The summed E-state index contributed by atoms with van der Waals surface area (Å²) in [6.45, 7) is 19.7. The molecule has 5 rings (SSSR count). The Morgan fingerprint density at radius 1 is 0.595 bits per heavy atom. The van der Waals surface area contributed by atoms with Gasteiger partial charge in [-0.1, -0.05) is 129 Å². The quantitative estimate of drug-likeness (QED) is 0.231. The zero-order valence-corrected chi connectivity index (χ0v) is 23.6. The Morgan fingerprint density at radius 2 is 1.11 bits per heavy atom. The van der Waals surface area contributed by atoms with Crippen LogP contribution >= 0.6 is 0 Å². The lowest BCUT2D eigenvalue weighted by Gasteiger charge is -2.28. The summed E-state index contributed by atoms with van der Waals surface area (Å²) in [4.78, 5) is 0. The largest absolute Gasteiger partial charge is 0.309 e. The molecule has 0 amide bonds. The second-order valence-electron chi connectivity index (χ2n) is 13.2. The van der Waals surface area contributed by atoms with Crippen LogP contribution in [0, 0.1) is 0 Å². The highest BCUT2D eigenvalue weighted by Crippen LogP contribution is 2.42. The maximum Gasteiger partial charge on any atom is 0.0629 e. The minimum atomic E-state index is -0.416. The third-order valence-electron chi connectivity index (χ3n) is 7.30. The van der Waals surface area contributed by atoms with Gasteiger partial charge in [-0.25, -0.2) is 0 Å². The predicted octanol–water partition coefficient (Wildman–Crippen LogP) is 10.3. The van der Waals surface area contributed by atoms with Gasteiger partial charge in [0, 0.05) is 10.8 Å². The Bertz CT molecular complexity index is 1770. The first kappa shape index (κ1) is 19.7. The topological polar surface area (TPSA) is 4.93 Å². The molecule has 1 heteroatoms. The smallest absolute Gasteiger partial charge is 0.0629 e. The number of fused-ring (bicyclic) bond motifs is 3. The van der Waals surface area contributed by atoms with E-state index in [4.69, 9.17) is 6.85 Å². The maximum atomic E-state index is 8.80. The van der Waals surface area contributed by atoms with Crippen molar-refractivity contribution >= 4 is 21.8 Å². The predicted molar refractivity (Wildman–Crippen MR) is 162 cm³/mol. The van der Waals surface area contributed by atoms with E-state index in [2.05, 4.69) is 109 Å². The average molecular weight is 493 g/mol. The van der Waals surface area contributed by atoms with E-state index in [1.165, 1.54) is 11.1 Å². The molecule has 0 saturated carbocycles. The van der Waals surface area contributed by atoms with Gasteiger partial charge in [-0.3, -0.25) is 0 Å². The molecular formula is C36H41N. The Kier molecular flexibility index (Phi) is 4.60. The number of hydrogen-bond donors (Lipinski definition) is 0. The molecule has 0 radical (unpaired) electrons. The highest BCUT2D eigenvalue weighted by Gasteiger charge is 2.27. The van der Waals surface area contributed by atoms with E-state index in [0.29, 0.717) is 5.56 Å². The third-order valence-corrected chi connectivity index (χ3v) is 7.30.